The van der Waals surface area contributed by atoms with Crippen molar-refractivity contribution >= 4 is 31.2 Å². The molecule has 0 bridgehead atoms. The second-order valence-corrected chi connectivity index (χ2v) is 1.86. The Labute approximate surface area is 75.3 Å². The molecule has 3 N–H and O–H groups in total. The van der Waals surface area contributed by atoms with Crippen molar-refractivity contribution in [3.63, 3.8) is 0 Å². The topological polar surface area (TPSA) is 86.5 Å². The van der Waals surface area contributed by atoms with E-state index < -0.39 is 6.75 Å². The first kappa shape index (κ1) is 10.6. The van der Waals surface area contributed by atoms with Crippen molar-refractivity contribution < 1.29 is 15.1 Å². The number of hydrogen-bond acceptors (Lipinski definition) is 5. The normalized spacial score (nSPS) is 10.5. The van der Waals surface area contributed by atoms with E-state index in [0.29, 0.717) is 0 Å². The van der Waals surface area contributed by atoms with E-state index in [1.54, 1.807) is 0 Å². The third-order valence-corrected chi connectivity index (χ3v) is 0.980. The Morgan fingerprint density at radius 2 is 1.82 bits per heavy atom. The van der Waals surface area contributed by atoms with Crippen molar-refractivity contribution in [3.05, 3.63) is 18.6 Å². The van der Waals surface area contributed by atoms with Crippen LogP contribution in [0.3, 0.4) is 0 Å². The van der Waals surface area contributed by atoms with Gasteiger partial charge in [0.25, 0.3) is 0 Å². The molecule has 0 amide bonds. The average molecular weight is 148 g/mol. The van der Waals surface area contributed by atoms with Crippen LogP contribution in [-0.4, -0.2) is 50.7 Å². The van der Waals surface area contributed by atoms with Crippen LogP contribution in [0.25, 0.3) is 0 Å². The first-order chi connectivity index (χ1) is 4.61. The summed E-state index contributed by atoms with van der Waals surface area (Å²) in [6.45, 7) is -3.48. The van der Waals surface area contributed by atoms with Crippen LogP contribution in [0.1, 0.15) is 0 Å². The van der Waals surface area contributed by atoms with Crippen LogP contribution >= 0.6 is 0 Å². The maximum atomic E-state index is 8.56. The Hall–Kier alpha value is -0.378. The van der Waals surface area contributed by atoms with Crippen molar-refractivity contribution in [2.45, 2.75) is 0 Å². The van der Waals surface area contributed by atoms with Crippen molar-refractivity contribution in [1.29, 1.82) is 0 Å². The molecule has 1 heterocycles. The van der Waals surface area contributed by atoms with Gasteiger partial charge in [-0.15, -0.1) is 0 Å². The third kappa shape index (κ3) is 3.01. The monoisotopic (exact) mass is 148 g/mol. The molecular weight excluding hydrogens is 142 g/mol. The maximum absolute atomic E-state index is 8.56. The second kappa shape index (κ2) is 3.86. The molecule has 1 aromatic rings. The van der Waals surface area contributed by atoms with Crippen LogP contribution in [0.5, 0.6) is 0 Å². The molecule has 7 heteroatoms. The summed E-state index contributed by atoms with van der Waals surface area (Å²) < 4.78 is 0. The van der Waals surface area contributed by atoms with E-state index in [1.165, 1.54) is 12.4 Å². The van der Waals surface area contributed by atoms with Crippen molar-refractivity contribution in [1.82, 2.24) is 9.97 Å². The van der Waals surface area contributed by atoms with E-state index in [1.807, 2.05) is 0 Å². The SMILES string of the molecule is O[B-](O)(O)c1cnccn1.[Li]. The number of nitrogens with zero attached hydrogens (tertiary/aromatic N) is 2. The molecule has 0 aromatic carbocycles. The molecule has 1 rings (SSSR count). The van der Waals surface area contributed by atoms with Gasteiger partial charge in [-0.05, 0) is 5.59 Å². The average Bonchev–Trinajstić information content (AvgIpc) is 1.88. The largest absolute Gasteiger partial charge is 0.555 e. The summed E-state index contributed by atoms with van der Waals surface area (Å²) in [7, 11) is 0. The summed E-state index contributed by atoms with van der Waals surface area (Å²) in [6.07, 6.45) is 3.71. The van der Waals surface area contributed by atoms with Crippen LogP contribution in [0.4, 0.5) is 0 Å². The molecule has 0 saturated carbocycles. The van der Waals surface area contributed by atoms with Crippen molar-refractivity contribution in [2.75, 3.05) is 0 Å². The van der Waals surface area contributed by atoms with Crippen molar-refractivity contribution in [2.24, 2.45) is 0 Å². The minimum atomic E-state index is -3.48. The molecule has 55 valence electrons. The molecule has 0 aliphatic rings. The minimum absolute atomic E-state index is 0. The summed E-state index contributed by atoms with van der Waals surface area (Å²) in [6, 6.07) is 0. The molecule has 0 atom stereocenters. The Morgan fingerprint density at radius 1 is 1.18 bits per heavy atom. The number of aromatic nitrogens is 2. The summed E-state index contributed by atoms with van der Waals surface area (Å²) >= 11 is 0. The van der Waals surface area contributed by atoms with Crippen LogP contribution in [0.2, 0.25) is 0 Å². The predicted octanol–water partition coefficient (Wildman–Crippen LogP) is -2.78. The maximum Gasteiger partial charge on any atom is 0.422 e. The van der Waals surface area contributed by atoms with E-state index in [-0.39, 0.29) is 24.5 Å². The first-order valence-electron chi connectivity index (χ1n) is 2.68. The van der Waals surface area contributed by atoms with Gasteiger partial charge in [0.05, 0.1) is 0 Å². The molecule has 5 nitrogen and oxygen atoms in total. The zero-order chi connectivity index (χ0) is 7.61. The molecule has 1 aromatic heterocycles. The molecule has 0 spiro atoms. The molecule has 0 saturated heterocycles. The molecule has 0 fully saturated rings. The third-order valence-electron chi connectivity index (χ3n) is 0.980. The summed E-state index contributed by atoms with van der Waals surface area (Å²) in [5, 5.41) is 25.7. The fourth-order valence-electron chi connectivity index (χ4n) is 0.511. The molecule has 0 aliphatic heterocycles. The van der Waals surface area contributed by atoms with Crippen LogP contribution < -0.4 is 5.59 Å². The van der Waals surface area contributed by atoms with Gasteiger partial charge in [0.2, 0.25) is 0 Å². The Bertz CT molecular complexity index is 214. The fraction of sp³-hybridized carbons (Fsp3) is 0. The molecule has 1 radical (unpaired) electrons. The van der Waals surface area contributed by atoms with Gasteiger partial charge in [0.15, 0.2) is 0 Å². The molecule has 0 unspecified atom stereocenters. The fourth-order valence-corrected chi connectivity index (χ4v) is 0.511. The van der Waals surface area contributed by atoms with Crippen molar-refractivity contribution in [3.8, 4) is 0 Å². The van der Waals surface area contributed by atoms with Crippen LogP contribution in [-0.2, 0) is 0 Å². The zero-order valence-corrected chi connectivity index (χ0v) is 6.05. The Kier molecular flexibility index (Phi) is 3.72. The number of rotatable bonds is 1. The van der Waals surface area contributed by atoms with Crippen LogP contribution in [0.15, 0.2) is 18.6 Å². The number of hydrogen-bond donors (Lipinski definition) is 3. The summed E-state index contributed by atoms with van der Waals surface area (Å²) in [5.41, 5.74) is -0.234. The Morgan fingerprint density at radius 3 is 2.09 bits per heavy atom. The van der Waals surface area contributed by atoms with Gasteiger partial charge in [0, 0.05) is 37.5 Å². The standard InChI is InChI=1S/C4H6BN2O3.Li/c8-5(9,10)4-3-6-1-2-7-4;/h1-3,8-10H;/q-1;. The van der Waals surface area contributed by atoms with Gasteiger partial charge in [0.1, 0.15) is 0 Å². The van der Waals surface area contributed by atoms with Gasteiger partial charge in [-0.25, -0.2) is 0 Å². The van der Waals surface area contributed by atoms with E-state index in [9.17, 15) is 0 Å². The quantitative estimate of drug-likeness (QED) is 0.375. The van der Waals surface area contributed by atoms with Gasteiger partial charge in [-0.1, -0.05) is 0 Å². The zero-order valence-electron chi connectivity index (χ0n) is 6.05. The van der Waals surface area contributed by atoms with E-state index >= 15 is 0 Å². The predicted molar refractivity (Wildman–Crippen MR) is 39.8 cm³/mol. The summed E-state index contributed by atoms with van der Waals surface area (Å²) in [5.74, 6) is 0. The summed E-state index contributed by atoms with van der Waals surface area (Å²) in [4.78, 5) is 6.99. The molecule has 11 heavy (non-hydrogen) atoms. The minimum Gasteiger partial charge on any atom is -0.555 e. The van der Waals surface area contributed by atoms with Gasteiger partial charge in [-0.3, -0.25) is 9.97 Å². The smallest absolute Gasteiger partial charge is 0.422 e. The van der Waals surface area contributed by atoms with Gasteiger partial charge < -0.3 is 15.1 Å². The van der Waals surface area contributed by atoms with Gasteiger partial charge >= 0.3 is 6.75 Å². The molecule has 0 aliphatic carbocycles. The first-order valence-corrected chi connectivity index (χ1v) is 2.68. The van der Waals surface area contributed by atoms with Gasteiger partial charge in [-0.2, -0.15) is 0 Å². The van der Waals surface area contributed by atoms with E-state index in [4.69, 9.17) is 15.1 Å². The van der Waals surface area contributed by atoms with E-state index in [2.05, 4.69) is 9.97 Å². The second-order valence-electron chi connectivity index (χ2n) is 1.86. The van der Waals surface area contributed by atoms with Crippen LogP contribution in [0, 0.1) is 0 Å². The molecular formula is C4H6BLiN2O3-. The Balaban J connectivity index is 0.000001000. The van der Waals surface area contributed by atoms with E-state index in [0.717, 1.165) is 6.20 Å².